The largest absolute Gasteiger partial charge is 0.373 e. The highest BCUT2D eigenvalue weighted by Crippen LogP contribution is 2.42. The van der Waals surface area contributed by atoms with Gasteiger partial charge < -0.3 is 0 Å². The molecule has 146 valence electrons. The van der Waals surface area contributed by atoms with Crippen LogP contribution >= 0.6 is 0 Å². The molecule has 6 nitrogen and oxygen atoms in total. The first-order valence-electron chi connectivity index (χ1n) is 9.04. The highest BCUT2D eigenvalue weighted by atomic mass is 17.2. The fraction of sp³-hybridized carbons (Fsp3) is 0.273. The van der Waals surface area contributed by atoms with Gasteiger partial charge in [-0.15, -0.1) is 0 Å². The topological polar surface area (TPSA) is 71.1 Å². The summed E-state index contributed by atoms with van der Waals surface area (Å²) in [6.07, 6.45) is 2.39. The van der Waals surface area contributed by atoms with E-state index in [1.54, 1.807) is 60.7 Å². The molecule has 1 aliphatic rings. The van der Waals surface area contributed by atoms with Crippen LogP contribution in [0.15, 0.2) is 60.7 Å². The molecule has 0 aliphatic heterocycles. The van der Waals surface area contributed by atoms with Crippen molar-refractivity contribution in [3.05, 3.63) is 85.6 Å². The third-order valence-corrected chi connectivity index (χ3v) is 4.81. The third-order valence-electron chi connectivity index (χ3n) is 4.81. The fourth-order valence-electron chi connectivity index (χ4n) is 2.99. The molecule has 0 spiro atoms. The molecule has 2 atom stereocenters. The average molecular weight is 382 g/mol. The van der Waals surface area contributed by atoms with E-state index in [9.17, 15) is 9.59 Å². The number of benzene rings is 2. The minimum atomic E-state index is -1.33. The molecule has 0 bridgehead atoms. The Kier molecular flexibility index (Phi) is 6.11. The van der Waals surface area contributed by atoms with E-state index in [4.69, 9.17) is 19.6 Å². The molecule has 0 saturated heterocycles. The second-order valence-electron chi connectivity index (χ2n) is 6.84. The zero-order valence-electron chi connectivity index (χ0n) is 15.5. The van der Waals surface area contributed by atoms with E-state index in [0.29, 0.717) is 24.0 Å². The molecule has 0 aromatic heterocycles. The number of carbonyl (C=O) groups is 2. The lowest BCUT2D eigenvalue weighted by molar-refractivity contribution is -0.403. The molecule has 6 heteroatoms. The van der Waals surface area contributed by atoms with Crippen LogP contribution in [0.4, 0.5) is 0 Å². The van der Waals surface area contributed by atoms with E-state index in [1.807, 2.05) is 0 Å². The van der Waals surface area contributed by atoms with Crippen molar-refractivity contribution >= 4 is 11.9 Å². The average Bonchev–Trinajstić information content (AvgIpc) is 2.74. The molecule has 1 aliphatic carbocycles. The van der Waals surface area contributed by atoms with Crippen molar-refractivity contribution in [1.82, 2.24) is 0 Å². The third kappa shape index (κ3) is 4.40. The molecule has 2 radical (unpaired) electrons. The van der Waals surface area contributed by atoms with Crippen LogP contribution < -0.4 is 0 Å². The molecule has 3 rings (SSSR count). The maximum absolute atomic E-state index is 12.2. The summed E-state index contributed by atoms with van der Waals surface area (Å²) in [4.78, 5) is 45.1. The summed E-state index contributed by atoms with van der Waals surface area (Å²) in [5.41, 5.74) is -1.97. The molecule has 0 N–H and O–H groups in total. The lowest BCUT2D eigenvalue weighted by Gasteiger charge is -2.44. The minimum absolute atomic E-state index is 0.341. The molecule has 1 saturated carbocycles. The van der Waals surface area contributed by atoms with Crippen molar-refractivity contribution in [3.63, 3.8) is 0 Å². The lowest BCUT2D eigenvalue weighted by atomic mass is 9.74. The van der Waals surface area contributed by atoms with Crippen molar-refractivity contribution in [2.45, 2.75) is 36.9 Å². The first kappa shape index (κ1) is 20.0. The molecular formula is C22H22O6. The molecule has 2 aromatic rings. The smallest absolute Gasteiger partial charge is 0.292 e. The normalized spacial score (nSPS) is 24.4. The van der Waals surface area contributed by atoms with Crippen LogP contribution in [0.25, 0.3) is 0 Å². The fourth-order valence-corrected chi connectivity index (χ4v) is 2.99. The monoisotopic (exact) mass is 382 g/mol. The van der Waals surface area contributed by atoms with Crippen LogP contribution in [0, 0.1) is 13.8 Å². The van der Waals surface area contributed by atoms with Gasteiger partial charge in [0, 0.05) is 0 Å². The van der Waals surface area contributed by atoms with E-state index in [0.717, 1.165) is 12.8 Å². The maximum atomic E-state index is 12.2. The molecule has 2 unspecified atom stereocenters. The Morgan fingerprint density at radius 3 is 1.39 bits per heavy atom. The summed E-state index contributed by atoms with van der Waals surface area (Å²) < 4.78 is 0. The zero-order chi connectivity index (χ0) is 20.0. The predicted octanol–water partition coefficient (Wildman–Crippen LogP) is 4.28. The Morgan fingerprint density at radius 2 is 1.04 bits per heavy atom. The maximum Gasteiger partial charge on any atom is 0.373 e. The number of hydrogen-bond acceptors (Lipinski definition) is 6. The molecule has 0 amide bonds. The van der Waals surface area contributed by atoms with Crippen molar-refractivity contribution in [2.75, 3.05) is 0 Å². The van der Waals surface area contributed by atoms with Gasteiger partial charge in [0.1, 0.15) is 11.2 Å². The molecule has 28 heavy (non-hydrogen) atoms. The highest BCUT2D eigenvalue weighted by molar-refractivity contribution is 5.89. The van der Waals surface area contributed by atoms with Crippen molar-refractivity contribution in [2.24, 2.45) is 0 Å². The second kappa shape index (κ2) is 8.54. The second-order valence-corrected chi connectivity index (χ2v) is 6.84. The van der Waals surface area contributed by atoms with Crippen LogP contribution in [0.2, 0.25) is 0 Å². The summed E-state index contributed by atoms with van der Waals surface area (Å²) in [7, 11) is 0. The Bertz CT molecular complexity index is 737. The molecular weight excluding hydrogens is 360 g/mol. The van der Waals surface area contributed by atoms with Gasteiger partial charge in [0.2, 0.25) is 0 Å². The summed E-state index contributed by atoms with van der Waals surface area (Å²) in [6, 6.07) is 16.9. The van der Waals surface area contributed by atoms with Crippen molar-refractivity contribution in [3.8, 4) is 0 Å². The van der Waals surface area contributed by atoms with Gasteiger partial charge in [-0.3, -0.25) is 9.78 Å². The van der Waals surface area contributed by atoms with E-state index in [2.05, 4.69) is 13.8 Å². The number of hydrogen-bond donors (Lipinski definition) is 0. The molecule has 1 fully saturated rings. The number of rotatable bonds is 6. The van der Waals surface area contributed by atoms with Crippen LogP contribution in [-0.4, -0.2) is 23.1 Å². The Labute approximate surface area is 164 Å². The summed E-state index contributed by atoms with van der Waals surface area (Å²) in [5, 5.41) is 0. The summed E-state index contributed by atoms with van der Waals surface area (Å²) in [5.74, 6) is -1.31. The molecule has 2 aromatic carbocycles. The summed E-state index contributed by atoms with van der Waals surface area (Å²) in [6.45, 7) is 8.04. The van der Waals surface area contributed by atoms with E-state index in [-0.39, 0.29) is 0 Å². The van der Waals surface area contributed by atoms with E-state index >= 15 is 0 Å². The van der Waals surface area contributed by atoms with Gasteiger partial charge in [-0.1, -0.05) is 49.2 Å². The van der Waals surface area contributed by atoms with Gasteiger partial charge in [-0.25, -0.2) is 9.59 Å². The van der Waals surface area contributed by atoms with Crippen LogP contribution in [-0.2, 0) is 19.6 Å². The van der Waals surface area contributed by atoms with Crippen LogP contribution in [0.1, 0.15) is 46.4 Å². The van der Waals surface area contributed by atoms with Gasteiger partial charge in [0.15, 0.2) is 0 Å². The van der Waals surface area contributed by atoms with Gasteiger partial charge in [-0.05, 0) is 51.0 Å². The molecule has 0 heterocycles. The first-order chi connectivity index (χ1) is 13.4. The SMILES string of the molecule is [CH2]C1(OOC(=O)c2ccccc2)CCCCC1([CH2])OOC(=O)c1ccccc1. The first-order valence-corrected chi connectivity index (χ1v) is 9.04. The standard InChI is InChI=1S/C22H22O6/c1-21(27-25-19(23)17-11-5-3-6-12-17)15-9-10-16-22(21,2)28-26-20(24)18-13-7-4-8-14-18/h3-8,11-14H,1-2,9-10,15-16H2. The Morgan fingerprint density at radius 1 is 0.679 bits per heavy atom. The van der Waals surface area contributed by atoms with Gasteiger partial charge in [0.25, 0.3) is 0 Å². The van der Waals surface area contributed by atoms with Crippen LogP contribution in [0.3, 0.4) is 0 Å². The van der Waals surface area contributed by atoms with Gasteiger partial charge >= 0.3 is 11.9 Å². The quantitative estimate of drug-likeness (QED) is 0.548. The Hall–Kier alpha value is -2.70. The highest BCUT2D eigenvalue weighted by Gasteiger charge is 2.53. The lowest BCUT2D eigenvalue weighted by Crippen LogP contribution is -2.56. The van der Waals surface area contributed by atoms with Gasteiger partial charge in [-0.2, -0.15) is 9.78 Å². The minimum Gasteiger partial charge on any atom is -0.292 e. The van der Waals surface area contributed by atoms with E-state index < -0.39 is 23.1 Å². The van der Waals surface area contributed by atoms with Crippen LogP contribution in [0.5, 0.6) is 0 Å². The zero-order valence-corrected chi connectivity index (χ0v) is 15.5. The number of carbonyl (C=O) groups excluding carboxylic acids is 2. The van der Waals surface area contributed by atoms with Crippen molar-refractivity contribution < 1.29 is 29.1 Å². The summed E-state index contributed by atoms with van der Waals surface area (Å²) >= 11 is 0. The van der Waals surface area contributed by atoms with E-state index in [1.165, 1.54) is 0 Å². The van der Waals surface area contributed by atoms with Crippen molar-refractivity contribution in [1.29, 1.82) is 0 Å². The van der Waals surface area contributed by atoms with Gasteiger partial charge in [0.05, 0.1) is 11.1 Å². The predicted molar refractivity (Wildman–Crippen MR) is 101 cm³/mol. The Balaban J connectivity index is 1.65.